The molecule has 1 aromatic heterocycles. The maximum Gasteiger partial charge on any atom is 0.728 e. The van der Waals surface area contributed by atoms with Crippen LogP contribution in [0.5, 0.6) is 0 Å². The largest absolute Gasteiger partial charge is 0.728 e. The topological polar surface area (TPSA) is 54.6 Å². The minimum atomic E-state index is -1.75. The summed E-state index contributed by atoms with van der Waals surface area (Å²) >= 11 is 0. The summed E-state index contributed by atoms with van der Waals surface area (Å²) < 4.78 is 5.58. The molecule has 9 heavy (non-hydrogen) atoms. The fourth-order valence-electron chi connectivity index (χ4n) is 0.498. The lowest BCUT2D eigenvalue weighted by molar-refractivity contribution is 0.166. The molecule has 0 radical (unpaired) electrons. The summed E-state index contributed by atoms with van der Waals surface area (Å²) in [4.78, 5) is 0. The summed E-state index contributed by atoms with van der Waals surface area (Å²) in [7, 11) is -1.75. The zero-order valence-electron chi connectivity index (χ0n) is 4.64. The molecule has 0 saturated carbocycles. The van der Waals surface area contributed by atoms with Crippen LogP contribution in [-0.2, 0) is 0 Å². The van der Waals surface area contributed by atoms with Crippen molar-refractivity contribution < 1.29 is 14.8 Å². The first-order chi connectivity index (χ1) is 4.29. The summed E-state index contributed by atoms with van der Waals surface area (Å²) in [5.74, 6) is 0. The molecule has 5 heteroatoms. The third kappa shape index (κ3) is 1.79. The van der Waals surface area contributed by atoms with Crippen LogP contribution in [0.3, 0.4) is 0 Å². The normalized spacial score (nSPS) is 9.11. The number of hydrogen-bond donors (Lipinski definition) is 2. The highest BCUT2D eigenvalue weighted by molar-refractivity contribution is 6.32. The van der Waals surface area contributed by atoms with Crippen molar-refractivity contribution in [1.82, 2.24) is 4.73 Å². The molecule has 0 fully saturated rings. The van der Waals surface area contributed by atoms with Gasteiger partial charge in [-0.05, 0) is 12.1 Å². The van der Waals surface area contributed by atoms with E-state index in [1.807, 2.05) is 0 Å². The SMILES string of the molecule is OB(O)On1cccc1. The monoisotopic (exact) mass is 127 g/mol. The van der Waals surface area contributed by atoms with Crippen LogP contribution in [0.2, 0.25) is 0 Å². The van der Waals surface area contributed by atoms with Crippen molar-refractivity contribution >= 4 is 7.32 Å². The summed E-state index contributed by atoms with van der Waals surface area (Å²) in [6.45, 7) is 0. The van der Waals surface area contributed by atoms with E-state index >= 15 is 0 Å². The van der Waals surface area contributed by atoms with Gasteiger partial charge in [-0.1, -0.05) is 0 Å². The molecule has 1 rings (SSSR count). The van der Waals surface area contributed by atoms with Crippen LogP contribution < -0.4 is 4.76 Å². The first-order valence-electron chi connectivity index (χ1n) is 2.45. The van der Waals surface area contributed by atoms with E-state index in [0.717, 1.165) is 0 Å². The van der Waals surface area contributed by atoms with Crippen molar-refractivity contribution in [3.63, 3.8) is 0 Å². The minimum absolute atomic E-state index is 1.20. The molecular formula is C4H6BNO3. The Hall–Kier alpha value is -0.935. The smallest absolute Gasteiger partial charge is 0.422 e. The zero-order chi connectivity index (χ0) is 6.69. The van der Waals surface area contributed by atoms with Crippen LogP contribution in [-0.4, -0.2) is 22.1 Å². The van der Waals surface area contributed by atoms with Crippen molar-refractivity contribution in [2.45, 2.75) is 0 Å². The molecule has 0 aliphatic carbocycles. The molecular weight excluding hydrogens is 121 g/mol. The average Bonchev–Trinajstić information content (AvgIpc) is 2.15. The molecule has 0 aliphatic heterocycles. The van der Waals surface area contributed by atoms with Gasteiger partial charge < -0.3 is 14.8 Å². The van der Waals surface area contributed by atoms with E-state index in [-0.39, 0.29) is 0 Å². The molecule has 1 heterocycles. The lowest BCUT2D eigenvalue weighted by Gasteiger charge is -2.02. The van der Waals surface area contributed by atoms with E-state index in [1.165, 1.54) is 4.73 Å². The quantitative estimate of drug-likeness (QED) is 0.495. The molecule has 4 nitrogen and oxygen atoms in total. The van der Waals surface area contributed by atoms with Gasteiger partial charge in [-0.25, -0.2) is 4.73 Å². The second-order valence-electron chi connectivity index (χ2n) is 1.47. The van der Waals surface area contributed by atoms with Crippen molar-refractivity contribution in [3.05, 3.63) is 24.5 Å². The van der Waals surface area contributed by atoms with Crippen LogP contribution in [0.1, 0.15) is 0 Å². The summed E-state index contributed by atoms with van der Waals surface area (Å²) in [5.41, 5.74) is 0. The predicted octanol–water partition coefficient (Wildman–Crippen LogP) is -1.11. The molecule has 0 saturated heterocycles. The molecule has 0 aromatic carbocycles. The molecule has 0 unspecified atom stereocenters. The zero-order valence-corrected chi connectivity index (χ0v) is 4.64. The highest BCUT2D eigenvalue weighted by atomic mass is 16.7. The van der Waals surface area contributed by atoms with E-state index < -0.39 is 7.32 Å². The Morgan fingerprint density at radius 3 is 2.22 bits per heavy atom. The Kier molecular flexibility index (Phi) is 1.76. The van der Waals surface area contributed by atoms with Gasteiger partial charge in [0.1, 0.15) is 0 Å². The molecule has 0 bridgehead atoms. The van der Waals surface area contributed by atoms with E-state index in [2.05, 4.69) is 4.76 Å². The highest BCUT2D eigenvalue weighted by Gasteiger charge is 2.09. The van der Waals surface area contributed by atoms with Gasteiger partial charge in [-0.3, -0.25) is 0 Å². The van der Waals surface area contributed by atoms with Gasteiger partial charge in [0.25, 0.3) is 0 Å². The highest BCUT2D eigenvalue weighted by Crippen LogP contribution is 1.84. The number of nitrogens with zero attached hydrogens (tertiary/aromatic N) is 1. The fourth-order valence-corrected chi connectivity index (χ4v) is 0.498. The lowest BCUT2D eigenvalue weighted by atomic mass is 10.3. The second kappa shape index (κ2) is 2.57. The summed E-state index contributed by atoms with van der Waals surface area (Å²) in [6, 6.07) is 3.42. The van der Waals surface area contributed by atoms with Gasteiger partial charge in [-0.15, -0.1) is 0 Å². The van der Waals surface area contributed by atoms with Gasteiger partial charge in [0.05, 0.1) is 0 Å². The predicted molar refractivity (Wildman–Crippen MR) is 31.2 cm³/mol. The van der Waals surface area contributed by atoms with Crippen molar-refractivity contribution in [1.29, 1.82) is 0 Å². The maximum absolute atomic E-state index is 8.24. The van der Waals surface area contributed by atoms with Crippen LogP contribution in [0.4, 0.5) is 0 Å². The van der Waals surface area contributed by atoms with Gasteiger partial charge in [0, 0.05) is 12.4 Å². The third-order valence-corrected chi connectivity index (χ3v) is 0.793. The number of rotatable bonds is 2. The van der Waals surface area contributed by atoms with Crippen molar-refractivity contribution in [2.75, 3.05) is 0 Å². The summed E-state index contributed by atoms with van der Waals surface area (Å²) in [6.07, 6.45) is 3.11. The number of hydrogen-bond acceptors (Lipinski definition) is 3. The van der Waals surface area contributed by atoms with Crippen molar-refractivity contribution in [2.24, 2.45) is 0 Å². The second-order valence-corrected chi connectivity index (χ2v) is 1.47. The Bertz CT molecular complexity index is 162. The molecule has 0 atom stereocenters. The Balaban J connectivity index is 2.48. The summed E-state index contributed by atoms with van der Waals surface area (Å²) in [5, 5.41) is 16.5. The molecule has 1 aromatic rings. The van der Waals surface area contributed by atoms with Crippen LogP contribution in [0.15, 0.2) is 24.5 Å². The molecule has 48 valence electrons. The van der Waals surface area contributed by atoms with E-state index in [1.54, 1.807) is 24.5 Å². The van der Waals surface area contributed by atoms with Crippen LogP contribution >= 0.6 is 0 Å². The van der Waals surface area contributed by atoms with Crippen molar-refractivity contribution in [3.8, 4) is 0 Å². The first-order valence-corrected chi connectivity index (χ1v) is 2.45. The van der Waals surface area contributed by atoms with Gasteiger partial charge in [0.15, 0.2) is 0 Å². The first kappa shape index (κ1) is 6.19. The van der Waals surface area contributed by atoms with E-state index in [4.69, 9.17) is 10.0 Å². The lowest BCUT2D eigenvalue weighted by Crippen LogP contribution is -2.28. The Labute approximate surface area is 52.4 Å². The Morgan fingerprint density at radius 2 is 1.78 bits per heavy atom. The minimum Gasteiger partial charge on any atom is -0.422 e. The molecule has 0 spiro atoms. The van der Waals surface area contributed by atoms with E-state index in [0.29, 0.717) is 0 Å². The average molecular weight is 127 g/mol. The van der Waals surface area contributed by atoms with Gasteiger partial charge in [0.2, 0.25) is 0 Å². The Morgan fingerprint density at radius 1 is 1.22 bits per heavy atom. The van der Waals surface area contributed by atoms with Crippen LogP contribution in [0, 0.1) is 0 Å². The molecule has 2 N–H and O–H groups in total. The molecule has 0 aliphatic rings. The van der Waals surface area contributed by atoms with Gasteiger partial charge >= 0.3 is 7.32 Å². The maximum atomic E-state index is 8.24. The third-order valence-electron chi connectivity index (χ3n) is 0.793. The molecule has 0 amide bonds. The number of aromatic nitrogens is 1. The fraction of sp³-hybridized carbons (Fsp3) is 0. The van der Waals surface area contributed by atoms with E-state index in [9.17, 15) is 0 Å². The standard InChI is InChI=1S/C4H6BNO3/c7-5(8)9-6-3-1-2-4-6/h1-4,7-8H. The van der Waals surface area contributed by atoms with Crippen LogP contribution in [0.25, 0.3) is 0 Å². The van der Waals surface area contributed by atoms with Gasteiger partial charge in [-0.2, -0.15) is 0 Å².